The molecule has 0 unspecified atom stereocenters. The molecule has 1 heterocycles. The summed E-state index contributed by atoms with van der Waals surface area (Å²) in [6, 6.07) is 1.83. The van der Waals surface area contributed by atoms with Gasteiger partial charge in [0.2, 0.25) is 0 Å². The summed E-state index contributed by atoms with van der Waals surface area (Å²) >= 11 is 0. The third-order valence-electron chi connectivity index (χ3n) is 2.16. The van der Waals surface area contributed by atoms with Crippen LogP contribution in [0.1, 0.15) is 33.4 Å². The molecular formula is C12H22N4O2. The molecule has 18 heavy (non-hydrogen) atoms. The Hall–Kier alpha value is -1.56. The number of anilines is 1. The van der Waals surface area contributed by atoms with Gasteiger partial charge in [0.1, 0.15) is 5.60 Å². The van der Waals surface area contributed by atoms with Crippen LogP contribution in [0.15, 0.2) is 6.07 Å². The van der Waals surface area contributed by atoms with Gasteiger partial charge in [0, 0.05) is 19.7 Å². The van der Waals surface area contributed by atoms with E-state index in [4.69, 9.17) is 4.74 Å². The number of nitrogens with zero attached hydrogens (tertiary/aromatic N) is 2. The van der Waals surface area contributed by atoms with Crippen molar-refractivity contribution in [1.29, 1.82) is 0 Å². The minimum Gasteiger partial charge on any atom is -0.444 e. The fraction of sp³-hybridized carbons (Fsp3) is 0.667. The first-order valence-corrected chi connectivity index (χ1v) is 6.05. The highest BCUT2D eigenvalue weighted by atomic mass is 16.6. The second-order valence-corrected chi connectivity index (χ2v) is 5.05. The van der Waals surface area contributed by atoms with Gasteiger partial charge in [0.05, 0.1) is 5.69 Å². The molecule has 102 valence electrons. The SMILES string of the molecule is CCNCc1cc(NC(=O)OC(C)(C)C)nn1C. The van der Waals surface area contributed by atoms with Gasteiger partial charge in [-0.25, -0.2) is 4.79 Å². The molecule has 1 amide bonds. The fourth-order valence-corrected chi connectivity index (χ4v) is 1.39. The minimum absolute atomic E-state index is 0.490. The van der Waals surface area contributed by atoms with Crippen molar-refractivity contribution < 1.29 is 9.53 Å². The standard InChI is InChI=1S/C12H22N4O2/c1-6-13-8-9-7-10(15-16(9)5)14-11(17)18-12(2,3)4/h7,13H,6,8H2,1-5H3,(H,14,15,17). The zero-order valence-electron chi connectivity index (χ0n) is 11.7. The maximum absolute atomic E-state index is 11.6. The number of hydrogen-bond donors (Lipinski definition) is 2. The maximum atomic E-state index is 11.6. The zero-order chi connectivity index (χ0) is 13.8. The molecule has 0 aliphatic carbocycles. The Kier molecular flexibility index (Phi) is 4.72. The minimum atomic E-state index is -0.508. The van der Waals surface area contributed by atoms with Gasteiger partial charge in [-0.2, -0.15) is 5.10 Å². The topological polar surface area (TPSA) is 68.2 Å². The number of nitrogens with one attached hydrogen (secondary N) is 2. The van der Waals surface area contributed by atoms with Gasteiger partial charge < -0.3 is 10.1 Å². The number of amides is 1. The first kappa shape index (κ1) is 14.5. The molecule has 1 aromatic heterocycles. The van der Waals surface area contributed by atoms with Crippen LogP contribution >= 0.6 is 0 Å². The average molecular weight is 254 g/mol. The smallest absolute Gasteiger partial charge is 0.413 e. The molecular weight excluding hydrogens is 232 g/mol. The normalized spacial score (nSPS) is 11.4. The molecule has 6 heteroatoms. The van der Waals surface area contributed by atoms with Gasteiger partial charge in [0.15, 0.2) is 5.82 Å². The second-order valence-electron chi connectivity index (χ2n) is 5.05. The van der Waals surface area contributed by atoms with Gasteiger partial charge in [0.25, 0.3) is 0 Å². The van der Waals surface area contributed by atoms with Crippen LogP contribution in [0.5, 0.6) is 0 Å². The van der Waals surface area contributed by atoms with Crippen LogP contribution in [0.25, 0.3) is 0 Å². The summed E-state index contributed by atoms with van der Waals surface area (Å²) in [7, 11) is 1.84. The molecule has 1 rings (SSSR count). The van der Waals surface area contributed by atoms with Crippen molar-refractivity contribution in [2.24, 2.45) is 7.05 Å². The van der Waals surface area contributed by atoms with Crippen LogP contribution in [-0.2, 0) is 18.3 Å². The van der Waals surface area contributed by atoms with E-state index in [-0.39, 0.29) is 0 Å². The Labute approximate surface area is 108 Å². The fourth-order valence-electron chi connectivity index (χ4n) is 1.39. The second kappa shape index (κ2) is 5.86. The summed E-state index contributed by atoms with van der Waals surface area (Å²) in [6.07, 6.45) is -0.490. The highest BCUT2D eigenvalue weighted by Gasteiger charge is 2.17. The molecule has 0 bridgehead atoms. The molecule has 0 aliphatic rings. The lowest BCUT2D eigenvalue weighted by atomic mass is 10.2. The molecule has 0 saturated carbocycles. The van der Waals surface area contributed by atoms with Crippen LogP contribution in [0.2, 0.25) is 0 Å². The van der Waals surface area contributed by atoms with E-state index < -0.39 is 11.7 Å². The summed E-state index contributed by atoms with van der Waals surface area (Å²) in [4.78, 5) is 11.6. The van der Waals surface area contributed by atoms with Gasteiger partial charge in [-0.05, 0) is 27.3 Å². The van der Waals surface area contributed by atoms with Crippen LogP contribution in [-0.4, -0.2) is 28.0 Å². The van der Waals surface area contributed by atoms with Gasteiger partial charge in [-0.3, -0.25) is 10.00 Å². The molecule has 0 atom stereocenters. The first-order chi connectivity index (χ1) is 8.31. The molecule has 0 radical (unpaired) electrons. The van der Waals surface area contributed by atoms with Gasteiger partial charge in [-0.15, -0.1) is 0 Å². The third kappa shape index (κ3) is 4.75. The highest BCUT2D eigenvalue weighted by Crippen LogP contribution is 2.12. The predicted molar refractivity (Wildman–Crippen MR) is 70.4 cm³/mol. The van der Waals surface area contributed by atoms with Crippen molar-refractivity contribution in [2.45, 2.75) is 39.8 Å². The number of carbonyl (C=O) groups is 1. The van der Waals surface area contributed by atoms with Crippen molar-refractivity contribution in [2.75, 3.05) is 11.9 Å². The van der Waals surface area contributed by atoms with Crippen LogP contribution in [0.3, 0.4) is 0 Å². The highest BCUT2D eigenvalue weighted by molar-refractivity contribution is 5.83. The summed E-state index contributed by atoms with van der Waals surface area (Å²) in [6.45, 7) is 9.11. The first-order valence-electron chi connectivity index (χ1n) is 6.05. The number of rotatable bonds is 4. The number of aryl methyl sites for hydroxylation is 1. The molecule has 0 aliphatic heterocycles. The lowest BCUT2D eigenvalue weighted by molar-refractivity contribution is 0.0635. The number of hydrogen-bond acceptors (Lipinski definition) is 4. The molecule has 1 aromatic rings. The Bertz CT molecular complexity index is 407. The Morgan fingerprint density at radius 1 is 1.50 bits per heavy atom. The third-order valence-corrected chi connectivity index (χ3v) is 2.16. The van der Waals surface area contributed by atoms with Crippen molar-refractivity contribution >= 4 is 11.9 Å². The average Bonchev–Trinajstić information content (AvgIpc) is 2.52. The Morgan fingerprint density at radius 2 is 2.17 bits per heavy atom. The van der Waals surface area contributed by atoms with Gasteiger partial charge in [-0.1, -0.05) is 6.92 Å². The predicted octanol–water partition coefficient (Wildman–Crippen LogP) is 1.88. The van der Waals surface area contributed by atoms with Crippen molar-refractivity contribution in [3.63, 3.8) is 0 Å². The van der Waals surface area contributed by atoms with Crippen molar-refractivity contribution in [3.8, 4) is 0 Å². The van der Waals surface area contributed by atoms with E-state index in [1.54, 1.807) is 4.68 Å². The summed E-state index contributed by atoms with van der Waals surface area (Å²) < 4.78 is 6.89. The number of carbonyl (C=O) groups excluding carboxylic acids is 1. The quantitative estimate of drug-likeness (QED) is 0.860. The molecule has 2 N–H and O–H groups in total. The molecule has 0 fully saturated rings. The van der Waals surface area contributed by atoms with Crippen LogP contribution in [0.4, 0.5) is 10.6 Å². The molecule has 0 aromatic carbocycles. The summed E-state index contributed by atoms with van der Waals surface area (Å²) in [5, 5.41) is 10.0. The van der Waals surface area contributed by atoms with E-state index in [1.165, 1.54) is 0 Å². The van der Waals surface area contributed by atoms with Crippen LogP contribution < -0.4 is 10.6 Å². The van der Waals surface area contributed by atoms with E-state index in [0.717, 1.165) is 18.8 Å². The molecule has 0 spiro atoms. The lowest BCUT2D eigenvalue weighted by Gasteiger charge is -2.18. The van der Waals surface area contributed by atoms with E-state index in [1.807, 2.05) is 40.8 Å². The van der Waals surface area contributed by atoms with E-state index >= 15 is 0 Å². The van der Waals surface area contributed by atoms with Crippen molar-refractivity contribution in [3.05, 3.63) is 11.8 Å². The Morgan fingerprint density at radius 3 is 2.72 bits per heavy atom. The number of aromatic nitrogens is 2. The number of ether oxygens (including phenoxy) is 1. The molecule has 0 saturated heterocycles. The largest absolute Gasteiger partial charge is 0.444 e. The monoisotopic (exact) mass is 254 g/mol. The maximum Gasteiger partial charge on any atom is 0.413 e. The Balaban J connectivity index is 2.60. The van der Waals surface area contributed by atoms with Crippen molar-refractivity contribution in [1.82, 2.24) is 15.1 Å². The van der Waals surface area contributed by atoms with E-state index in [9.17, 15) is 4.79 Å². The molecule has 6 nitrogen and oxygen atoms in total. The summed E-state index contributed by atoms with van der Waals surface area (Å²) in [5.74, 6) is 0.500. The van der Waals surface area contributed by atoms with E-state index in [2.05, 4.69) is 15.7 Å². The summed E-state index contributed by atoms with van der Waals surface area (Å²) in [5.41, 5.74) is 0.494. The lowest BCUT2D eigenvalue weighted by Crippen LogP contribution is -2.27. The van der Waals surface area contributed by atoms with Gasteiger partial charge >= 0.3 is 6.09 Å². The zero-order valence-corrected chi connectivity index (χ0v) is 11.7. The van der Waals surface area contributed by atoms with E-state index in [0.29, 0.717) is 5.82 Å². The van der Waals surface area contributed by atoms with Crippen LogP contribution in [0, 0.1) is 0 Å².